The molecule has 2 aromatic carbocycles. The minimum Gasteiger partial charge on any atom is -0.477 e. The van der Waals surface area contributed by atoms with Crippen molar-refractivity contribution in [3.63, 3.8) is 0 Å². The number of halogens is 1. The molecule has 1 heterocycles. The van der Waals surface area contributed by atoms with Gasteiger partial charge in [0.2, 0.25) is 5.88 Å². The Balaban J connectivity index is 1.91. The second kappa shape index (κ2) is 9.33. The summed E-state index contributed by atoms with van der Waals surface area (Å²) in [7, 11) is 0. The van der Waals surface area contributed by atoms with E-state index in [2.05, 4.69) is 23.9 Å². The summed E-state index contributed by atoms with van der Waals surface area (Å²) >= 11 is 6.13. The number of ether oxygens (including phenoxy) is 1. The first-order valence-electron chi connectivity index (χ1n) is 9.11. The fourth-order valence-electron chi connectivity index (χ4n) is 2.57. The third kappa shape index (κ3) is 5.30. The van der Waals surface area contributed by atoms with Crippen LogP contribution in [-0.4, -0.2) is 22.3 Å². The molecule has 3 aromatic rings. The molecule has 0 fully saturated rings. The predicted octanol–water partition coefficient (Wildman–Crippen LogP) is 4.23. The zero-order valence-corrected chi connectivity index (χ0v) is 16.6. The number of benzene rings is 2. The van der Waals surface area contributed by atoms with Gasteiger partial charge in [-0.25, -0.2) is 9.67 Å². The minimum absolute atomic E-state index is 0.134. The number of hydrogen-bond donors (Lipinski definition) is 0. The SMILES string of the molecule is CC(C)COc1cc(=NC(=O)Cc2ccccc2Cl)cnn1-c1ccccc1. The van der Waals surface area contributed by atoms with E-state index in [-0.39, 0.29) is 12.3 Å². The minimum atomic E-state index is -0.290. The van der Waals surface area contributed by atoms with Crippen molar-refractivity contribution in [2.24, 2.45) is 10.9 Å². The Morgan fingerprint density at radius 3 is 2.57 bits per heavy atom. The van der Waals surface area contributed by atoms with Crippen molar-refractivity contribution in [2.75, 3.05) is 6.61 Å². The summed E-state index contributed by atoms with van der Waals surface area (Å²) in [5.74, 6) is 0.598. The summed E-state index contributed by atoms with van der Waals surface area (Å²) in [6, 6.07) is 18.7. The second-order valence-electron chi connectivity index (χ2n) is 6.78. The van der Waals surface area contributed by atoms with Crippen LogP contribution in [0.5, 0.6) is 5.88 Å². The van der Waals surface area contributed by atoms with Gasteiger partial charge in [0.1, 0.15) is 0 Å². The van der Waals surface area contributed by atoms with E-state index >= 15 is 0 Å². The lowest BCUT2D eigenvalue weighted by atomic mass is 10.1. The molecule has 0 aliphatic heterocycles. The normalized spacial score (nSPS) is 11.6. The molecule has 28 heavy (non-hydrogen) atoms. The van der Waals surface area contributed by atoms with E-state index < -0.39 is 0 Å². The Hall–Kier alpha value is -2.92. The Morgan fingerprint density at radius 1 is 1.14 bits per heavy atom. The van der Waals surface area contributed by atoms with E-state index in [1.54, 1.807) is 23.0 Å². The van der Waals surface area contributed by atoms with Crippen LogP contribution in [0.4, 0.5) is 0 Å². The maximum Gasteiger partial charge on any atom is 0.250 e. The molecule has 1 amide bonds. The second-order valence-corrected chi connectivity index (χ2v) is 7.19. The van der Waals surface area contributed by atoms with E-state index in [1.807, 2.05) is 48.5 Å². The average Bonchev–Trinajstić information content (AvgIpc) is 2.69. The van der Waals surface area contributed by atoms with Crippen molar-refractivity contribution in [2.45, 2.75) is 20.3 Å². The lowest BCUT2D eigenvalue weighted by Gasteiger charge is -2.14. The van der Waals surface area contributed by atoms with E-state index in [4.69, 9.17) is 16.3 Å². The van der Waals surface area contributed by atoms with Crippen molar-refractivity contribution in [3.05, 3.63) is 82.8 Å². The van der Waals surface area contributed by atoms with Gasteiger partial charge in [-0.15, -0.1) is 0 Å². The van der Waals surface area contributed by atoms with Crippen molar-refractivity contribution in [1.29, 1.82) is 0 Å². The van der Waals surface area contributed by atoms with Gasteiger partial charge in [0, 0.05) is 11.1 Å². The highest BCUT2D eigenvalue weighted by Gasteiger charge is 2.09. The van der Waals surface area contributed by atoms with Crippen LogP contribution in [0.15, 0.2) is 71.9 Å². The molecule has 0 saturated heterocycles. The molecule has 0 unspecified atom stereocenters. The predicted molar refractivity (Wildman–Crippen MR) is 110 cm³/mol. The van der Waals surface area contributed by atoms with Gasteiger partial charge in [0.25, 0.3) is 5.91 Å². The highest BCUT2D eigenvalue weighted by molar-refractivity contribution is 6.31. The molecule has 0 spiro atoms. The Labute approximate surface area is 169 Å². The standard InChI is InChI=1S/C22H22ClN3O2/c1-16(2)15-28-22-13-18(14-24-26(22)19-9-4-3-5-10-19)25-21(27)12-17-8-6-7-11-20(17)23/h3-11,13-14,16H,12,15H2,1-2H3. The molecule has 0 radical (unpaired) electrons. The van der Waals surface area contributed by atoms with Gasteiger partial charge in [0.15, 0.2) is 0 Å². The monoisotopic (exact) mass is 395 g/mol. The number of carbonyl (C=O) groups excluding carboxylic acids is 1. The lowest BCUT2D eigenvalue weighted by molar-refractivity contribution is -0.117. The number of carbonyl (C=O) groups is 1. The number of aromatic nitrogens is 2. The highest BCUT2D eigenvalue weighted by atomic mass is 35.5. The quantitative estimate of drug-likeness (QED) is 0.627. The average molecular weight is 396 g/mol. The molecular weight excluding hydrogens is 374 g/mol. The van der Waals surface area contributed by atoms with E-state index in [1.165, 1.54) is 0 Å². The van der Waals surface area contributed by atoms with Gasteiger partial charge in [-0.2, -0.15) is 5.10 Å². The summed E-state index contributed by atoms with van der Waals surface area (Å²) in [6.07, 6.45) is 1.69. The van der Waals surface area contributed by atoms with Gasteiger partial charge < -0.3 is 4.74 Å². The van der Waals surface area contributed by atoms with Crippen LogP contribution < -0.4 is 10.1 Å². The van der Waals surface area contributed by atoms with Crippen molar-refractivity contribution in [1.82, 2.24) is 9.78 Å². The molecule has 0 N–H and O–H groups in total. The van der Waals surface area contributed by atoms with Crippen molar-refractivity contribution in [3.8, 4) is 11.6 Å². The summed E-state index contributed by atoms with van der Waals surface area (Å²) in [6.45, 7) is 4.68. The van der Waals surface area contributed by atoms with Crippen LogP contribution in [0.2, 0.25) is 5.02 Å². The molecule has 6 heteroatoms. The Bertz CT molecular complexity index is 1010. The first kappa shape index (κ1) is 19.8. The summed E-state index contributed by atoms with van der Waals surface area (Å²) in [5.41, 5.74) is 1.62. The van der Waals surface area contributed by atoms with Crippen molar-refractivity contribution >= 4 is 17.5 Å². The molecule has 5 nitrogen and oxygen atoms in total. The maximum absolute atomic E-state index is 12.4. The first-order valence-corrected chi connectivity index (χ1v) is 9.49. The lowest BCUT2D eigenvalue weighted by Crippen LogP contribution is -2.17. The number of nitrogens with zero attached hydrogens (tertiary/aromatic N) is 3. The van der Waals surface area contributed by atoms with Crippen LogP contribution in [0, 0.1) is 5.92 Å². The molecule has 0 atom stereocenters. The van der Waals surface area contributed by atoms with Crippen molar-refractivity contribution < 1.29 is 9.53 Å². The van der Waals surface area contributed by atoms with Gasteiger partial charge >= 0.3 is 0 Å². The molecular formula is C22H22ClN3O2. The largest absolute Gasteiger partial charge is 0.477 e. The van der Waals surface area contributed by atoms with E-state index in [9.17, 15) is 4.79 Å². The third-order valence-corrected chi connectivity index (χ3v) is 4.27. The first-order chi connectivity index (χ1) is 13.5. The van der Waals surface area contributed by atoms with E-state index in [0.29, 0.717) is 28.8 Å². The number of para-hydroxylation sites is 1. The molecule has 144 valence electrons. The number of rotatable bonds is 6. The van der Waals surface area contributed by atoms with Gasteiger partial charge in [0.05, 0.1) is 30.3 Å². The third-order valence-electron chi connectivity index (χ3n) is 3.90. The van der Waals surface area contributed by atoms with Gasteiger partial charge in [-0.3, -0.25) is 4.79 Å². The fourth-order valence-corrected chi connectivity index (χ4v) is 2.77. The molecule has 0 bridgehead atoms. The highest BCUT2D eigenvalue weighted by Crippen LogP contribution is 2.16. The number of amides is 1. The van der Waals surface area contributed by atoms with Crippen LogP contribution in [0.3, 0.4) is 0 Å². The Morgan fingerprint density at radius 2 is 1.86 bits per heavy atom. The van der Waals surface area contributed by atoms with Crippen LogP contribution in [0.25, 0.3) is 5.69 Å². The molecule has 0 saturated carbocycles. The summed E-state index contributed by atoms with van der Waals surface area (Å²) < 4.78 is 7.62. The molecule has 1 aromatic heterocycles. The number of hydrogen-bond acceptors (Lipinski definition) is 3. The van der Waals surface area contributed by atoms with E-state index in [0.717, 1.165) is 11.3 Å². The fraction of sp³-hybridized carbons (Fsp3) is 0.227. The Kier molecular flexibility index (Phi) is 6.61. The van der Waals surface area contributed by atoms with Crippen LogP contribution >= 0.6 is 11.6 Å². The topological polar surface area (TPSA) is 56.5 Å². The molecule has 0 aliphatic carbocycles. The zero-order valence-electron chi connectivity index (χ0n) is 15.9. The van der Waals surface area contributed by atoms with Gasteiger partial charge in [-0.1, -0.05) is 61.8 Å². The maximum atomic E-state index is 12.4. The molecule has 3 rings (SSSR count). The van der Waals surface area contributed by atoms with Crippen LogP contribution in [0.1, 0.15) is 19.4 Å². The zero-order chi connectivity index (χ0) is 19.9. The van der Waals surface area contributed by atoms with Gasteiger partial charge in [-0.05, 0) is 29.7 Å². The van der Waals surface area contributed by atoms with Crippen LogP contribution in [-0.2, 0) is 11.2 Å². The smallest absolute Gasteiger partial charge is 0.250 e. The molecule has 0 aliphatic rings. The summed E-state index contributed by atoms with van der Waals surface area (Å²) in [5, 5.41) is 5.43. The summed E-state index contributed by atoms with van der Waals surface area (Å²) in [4.78, 5) is 16.5.